The van der Waals surface area contributed by atoms with Crippen molar-refractivity contribution in [2.24, 2.45) is 0 Å². The number of methoxy groups -OCH3 is 1. The van der Waals surface area contributed by atoms with Gasteiger partial charge in [-0.05, 0) is 92.7 Å². The minimum Gasteiger partial charge on any atom is -0.467 e. The summed E-state index contributed by atoms with van der Waals surface area (Å²) in [5, 5.41) is 9.04. The maximum absolute atomic E-state index is 13.6. The third-order valence-corrected chi connectivity index (χ3v) is 9.43. The van der Waals surface area contributed by atoms with Crippen LogP contribution in [0.5, 0.6) is 0 Å². The minimum atomic E-state index is -1.03. The van der Waals surface area contributed by atoms with Crippen LogP contribution in [0.25, 0.3) is 10.9 Å². The van der Waals surface area contributed by atoms with Crippen LogP contribution in [0.3, 0.4) is 0 Å². The predicted octanol–water partition coefficient (Wildman–Crippen LogP) is 6.92. The highest BCUT2D eigenvalue weighted by Gasteiger charge is 2.31. The van der Waals surface area contributed by atoms with E-state index < -0.39 is 47.6 Å². The third-order valence-electron chi connectivity index (χ3n) is 7.90. The second kappa shape index (κ2) is 19.3. The van der Waals surface area contributed by atoms with E-state index in [1.165, 1.54) is 36.9 Å². The second-order valence-corrected chi connectivity index (χ2v) is 15.4. The average molecular weight is 697 g/mol. The van der Waals surface area contributed by atoms with E-state index in [0.29, 0.717) is 0 Å². The van der Waals surface area contributed by atoms with Crippen molar-refractivity contribution in [1.29, 1.82) is 0 Å². The number of allylic oxidation sites excluding steroid dienone is 4. The highest BCUT2D eigenvalue weighted by molar-refractivity contribution is 8.00. The summed E-state index contributed by atoms with van der Waals surface area (Å²) in [6, 6.07) is 4.62. The largest absolute Gasteiger partial charge is 0.467 e. The minimum absolute atomic E-state index is 0.187. The van der Waals surface area contributed by atoms with Crippen molar-refractivity contribution in [2.45, 2.75) is 116 Å². The molecule has 270 valence electrons. The number of rotatable bonds is 18. The maximum atomic E-state index is 13.6. The molecule has 11 heteroatoms. The van der Waals surface area contributed by atoms with Crippen molar-refractivity contribution in [1.82, 2.24) is 20.9 Å². The Labute approximate surface area is 296 Å². The molecular weight excluding hydrogens is 641 g/mol. The molecule has 0 spiro atoms. The van der Waals surface area contributed by atoms with Crippen LogP contribution < -0.4 is 16.0 Å². The van der Waals surface area contributed by atoms with E-state index >= 15 is 0 Å². The monoisotopic (exact) mass is 696 g/mol. The topological polar surface area (TPSA) is 139 Å². The molecular formula is C38H56N4O6S. The predicted molar refractivity (Wildman–Crippen MR) is 199 cm³/mol. The van der Waals surface area contributed by atoms with Gasteiger partial charge in [0.1, 0.15) is 23.7 Å². The quantitative estimate of drug-likeness (QED) is 0.0981. The lowest BCUT2D eigenvalue weighted by molar-refractivity contribution is -0.145. The number of H-pyrrole nitrogens is 1. The summed E-state index contributed by atoms with van der Waals surface area (Å²) in [7, 11) is 1.26. The molecule has 1 heterocycles. The van der Waals surface area contributed by atoms with Crippen LogP contribution in [0.1, 0.15) is 86.6 Å². The van der Waals surface area contributed by atoms with Crippen LogP contribution in [0.15, 0.2) is 66.4 Å². The first-order valence-electron chi connectivity index (χ1n) is 16.8. The molecule has 0 fully saturated rings. The van der Waals surface area contributed by atoms with Crippen molar-refractivity contribution >= 4 is 46.5 Å². The van der Waals surface area contributed by atoms with Gasteiger partial charge in [0.05, 0.1) is 7.11 Å². The molecule has 0 bridgehead atoms. The van der Waals surface area contributed by atoms with Gasteiger partial charge in [-0.25, -0.2) is 9.59 Å². The number of carbonyl (C=O) groups excluding carboxylic acids is 4. The zero-order chi connectivity index (χ0) is 36.8. The Morgan fingerprint density at radius 1 is 0.959 bits per heavy atom. The average Bonchev–Trinajstić information content (AvgIpc) is 3.43. The molecule has 0 aliphatic heterocycles. The molecule has 0 aliphatic rings. The summed E-state index contributed by atoms with van der Waals surface area (Å²) in [6.07, 6.45) is 11.2. The number of para-hydroxylation sites is 1. The number of thioether (sulfide) groups is 1. The number of carbonyl (C=O) groups is 4. The fraction of sp³-hybridized carbons (Fsp3) is 0.526. The molecule has 0 aliphatic carbocycles. The van der Waals surface area contributed by atoms with Gasteiger partial charge >= 0.3 is 12.1 Å². The smallest absolute Gasteiger partial charge is 0.408 e. The Balaban J connectivity index is 2.12. The molecule has 4 N–H and O–H groups in total. The van der Waals surface area contributed by atoms with Crippen LogP contribution in [0.2, 0.25) is 0 Å². The summed E-state index contributed by atoms with van der Waals surface area (Å²) in [6.45, 7) is 19.2. The molecule has 2 rings (SSSR count). The Morgan fingerprint density at radius 2 is 1.65 bits per heavy atom. The lowest BCUT2D eigenvalue weighted by atomic mass is 10.0. The van der Waals surface area contributed by atoms with Crippen molar-refractivity contribution in [2.75, 3.05) is 12.9 Å². The number of esters is 1. The summed E-state index contributed by atoms with van der Waals surface area (Å²) < 4.78 is 10.0. The molecule has 49 heavy (non-hydrogen) atoms. The first kappa shape index (κ1) is 41.2. The highest BCUT2D eigenvalue weighted by Crippen LogP contribution is 2.32. The molecule has 1 aromatic heterocycles. The van der Waals surface area contributed by atoms with Crippen molar-refractivity contribution < 1.29 is 28.7 Å². The van der Waals surface area contributed by atoms with Gasteiger partial charge in [0, 0.05) is 34.0 Å². The standard InChI is InChI=1S/C38H56N4O6S/c1-11-38(9,21-15-18-26(4)17-14-16-25(2)3)49-24-32(42-36(46)48-37(6,7)8)34(44)40-27(5)33(43)41-31(35(45)47-10)22-28-23-39-30-20-13-12-19-29(28)30/h11-13,16,18-20,23,27,31-32,39H,1,14-15,17,21-22,24H2,2-10H3,(H,40,44)(H,41,43)(H,42,46)/t27-,31-,32-,38?/m0/s1. The number of hydrogen-bond donors (Lipinski definition) is 4. The van der Waals surface area contributed by atoms with Gasteiger partial charge in [-0.15, -0.1) is 18.3 Å². The van der Waals surface area contributed by atoms with Gasteiger partial charge in [-0.2, -0.15) is 0 Å². The second-order valence-electron chi connectivity index (χ2n) is 13.8. The molecule has 0 saturated carbocycles. The van der Waals surface area contributed by atoms with Crippen molar-refractivity contribution in [3.63, 3.8) is 0 Å². The molecule has 0 radical (unpaired) electrons. The van der Waals surface area contributed by atoms with E-state index in [-0.39, 0.29) is 16.9 Å². The zero-order valence-corrected chi connectivity index (χ0v) is 31.5. The van der Waals surface area contributed by atoms with Gasteiger partial charge in [0.2, 0.25) is 11.8 Å². The Hall–Kier alpha value is -3.99. The Bertz CT molecular complexity index is 1500. The molecule has 2 aromatic rings. The fourth-order valence-corrected chi connectivity index (χ4v) is 6.13. The third kappa shape index (κ3) is 14.6. The van der Waals surface area contributed by atoms with Crippen LogP contribution in [-0.4, -0.2) is 70.2 Å². The first-order valence-corrected chi connectivity index (χ1v) is 17.7. The number of aromatic amines is 1. The number of alkyl carbamates (subject to hydrolysis) is 1. The van der Waals surface area contributed by atoms with E-state index in [1.54, 1.807) is 27.0 Å². The molecule has 10 nitrogen and oxygen atoms in total. The fourth-order valence-electron chi connectivity index (χ4n) is 4.97. The summed E-state index contributed by atoms with van der Waals surface area (Å²) in [5.74, 6) is -1.54. The Morgan fingerprint density at radius 3 is 2.29 bits per heavy atom. The number of fused-ring (bicyclic) bond motifs is 1. The molecule has 1 unspecified atom stereocenters. The van der Waals surface area contributed by atoms with Crippen LogP contribution in [0, 0.1) is 0 Å². The van der Waals surface area contributed by atoms with Gasteiger partial charge in [0.15, 0.2) is 0 Å². The lowest BCUT2D eigenvalue weighted by Crippen LogP contribution is -2.56. The van der Waals surface area contributed by atoms with E-state index in [1.807, 2.05) is 30.3 Å². The zero-order valence-electron chi connectivity index (χ0n) is 30.7. The number of hydrogen-bond acceptors (Lipinski definition) is 7. The van der Waals surface area contributed by atoms with E-state index in [2.05, 4.69) is 67.4 Å². The van der Waals surface area contributed by atoms with E-state index in [4.69, 9.17) is 9.47 Å². The normalized spacial score (nSPS) is 14.8. The summed E-state index contributed by atoms with van der Waals surface area (Å²) in [4.78, 5) is 55.5. The number of benzene rings is 1. The molecule has 3 amide bonds. The van der Waals surface area contributed by atoms with Gasteiger partial charge in [-0.1, -0.05) is 47.6 Å². The number of ether oxygens (including phenoxy) is 2. The molecule has 1 aromatic carbocycles. The highest BCUT2D eigenvalue weighted by atomic mass is 32.2. The SMILES string of the molecule is C=CC(C)(CCC=C(C)CCC=C(C)C)SC[C@H](NC(=O)OC(C)(C)C)C(=O)N[C@@H](C)C(=O)N[C@@H](Cc1c[nH]c2ccccc12)C(=O)OC. The van der Waals surface area contributed by atoms with Crippen LogP contribution in [0.4, 0.5) is 4.79 Å². The van der Waals surface area contributed by atoms with Crippen molar-refractivity contribution in [3.05, 3.63) is 72.0 Å². The number of amides is 3. The van der Waals surface area contributed by atoms with Gasteiger partial charge < -0.3 is 30.4 Å². The summed E-state index contributed by atoms with van der Waals surface area (Å²) >= 11 is 1.50. The lowest BCUT2D eigenvalue weighted by Gasteiger charge is -2.29. The molecule has 4 atom stereocenters. The first-order chi connectivity index (χ1) is 23.0. The maximum Gasteiger partial charge on any atom is 0.408 e. The van der Waals surface area contributed by atoms with E-state index in [0.717, 1.165) is 42.1 Å². The number of aromatic nitrogens is 1. The molecule has 0 saturated heterocycles. The van der Waals surface area contributed by atoms with Crippen LogP contribution >= 0.6 is 11.8 Å². The van der Waals surface area contributed by atoms with Gasteiger partial charge in [0.25, 0.3) is 0 Å². The van der Waals surface area contributed by atoms with E-state index in [9.17, 15) is 19.2 Å². The van der Waals surface area contributed by atoms with Crippen LogP contribution in [-0.2, 0) is 30.3 Å². The summed E-state index contributed by atoms with van der Waals surface area (Å²) in [5.41, 5.74) is 3.60. The van der Waals surface area contributed by atoms with Crippen molar-refractivity contribution in [3.8, 4) is 0 Å². The number of nitrogens with one attached hydrogen (secondary N) is 4. The Kier molecular flexibility index (Phi) is 16.2. The van der Waals surface area contributed by atoms with Gasteiger partial charge in [-0.3, -0.25) is 9.59 Å².